The van der Waals surface area contributed by atoms with Crippen molar-refractivity contribution in [3.63, 3.8) is 0 Å². The van der Waals surface area contributed by atoms with Gasteiger partial charge in [-0.25, -0.2) is 0 Å². The maximum atomic E-state index is 11.8. The van der Waals surface area contributed by atoms with Crippen LogP contribution in [0.1, 0.15) is 25.3 Å². The number of hydrogen-bond donors (Lipinski definition) is 1. The molecule has 2 heterocycles. The molecule has 140 valence electrons. The van der Waals surface area contributed by atoms with Crippen LogP contribution in [0.3, 0.4) is 0 Å². The van der Waals surface area contributed by atoms with Crippen molar-refractivity contribution >= 4 is 22.7 Å². The van der Waals surface area contributed by atoms with E-state index in [0.717, 1.165) is 26.3 Å². The summed E-state index contributed by atoms with van der Waals surface area (Å²) >= 11 is 1.66. The van der Waals surface area contributed by atoms with Gasteiger partial charge in [0.2, 0.25) is 0 Å². The summed E-state index contributed by atoms with van der Waals surface area (Å²) in [5, 5.41) is 12.1. The molecule has 27 heavy (non-hydrogen) atoms. The lowest BCUT2D eigenvalue weighted by Gasteiger charge is -2.36. The monoisotopic (exact) mass is 381 g/mol. The number of ether oxygens (including phenoxy) is 1. The topological polar surface area (TPSA) is 51.5 Å². The number of benzene rings is 2. The average Bonchev–Trinajstić information content (AvgIpc) is 2.65. The zero-order valence-corrected chi connectivity index (χ0v) is 16.3. The largest absolute Gasteiger partial charge is 0.385 e. The van der Waals surface area contributed by atoms with E-state index < -0.39 is 5.60 Å². The van der Waals surface area contributed by atoms with E-state index in [4.69, 9.17) is 4.74 Å². The molecule has 3 aromatic rings. The fourth-order valence-electron chi connectivity index (χ4n) is 3.74. The van der Waals surface area contributed by atoms with Gasteiger partial charge < -0.3 is 14.4 Å². The first kappa shape index (κ1) is 18.3. The van der Waals surface area contributed by atoms with Crippen molar-refractivity contribution in [2.75, 3.05) is 6.61 Å². The third-order valence-corrected chi connectivity index (χ3v) is 6.23. The van der Waals surface area contributed by atoms with E-state index in [1.165, 1.54) is 0 Å². The molecule has 1 aliphatic heterocycles. The molecule has 0 amide bonds. The SMILES string of the molecule is C[C@H]1C[C@@](O)(c2cccc(Sc3ccc4c(ccc(=O)n4C)c3)c2)CCO1. The van der Waals surface area contributed by atoms with Gasteiger partial charge in [0.1, 0.15) is 0 Å². The van der Waals surface area contributed by atoms with E-state index >= 15 is 0 Å². The number of fused-ring (bicyclic) bond motifs is 1. The third-order valence-electron chi connectivity index (χ3n) is 5.25. The van der Waals surface area contributed by atoms with Crippen LogP contribution in [0, 0.1) is 0 Å². The molecule has 1 fully saturated rings. The second-order valence-corrected chi connectivity index (χ2v) is 8.40. The Morgan fingerprint density at radius 1 is 1.15 bits per heavy atom. The minimum absolute atomic E-state index is 0.00506. The Morgan fingerprint density at radius 3 is 2.78 bits per heavy atom. The highest BCUT2D eigenvalue weighted by molar-refractivity contribution is 7.99. The minimum atomic E-state index is -0.824. The second kappa shape index (κ2) is 7.15. The number of nitrogens with zero attached hydrogens (tertiary/aromatic N) is 1. The molecular formula is C22H23NO3S. The molecule has 0 unspecified atom stereocenters. The van der Waals surface area contributed by atoms with Crippen molar-refractivity contribution in [1.29, 1.82) is 0 Å². The van der Waals surface area contributed by atoms with Crippen molar-refractivity contribution in [1.82, 2.24) is 4.57 Å². The van der Waals surface area contributed by atoms with Crippen molar-refractivity contribution in [3.8, 4) is 0 Å². The molecule has 1 saturated heterocycles. The molecule has 4 nitrogen and oxygen atoms in total. The van der Waals surface area contributed by atoms with Gasteiger partial charge in [-0.2, -0.15) is 0 Å². The molecule has 0 bridgehead atoms. The summed E-state index contributed by atoms with van der Waals surface area (Å²) in [6.45, 7) is 2.59. The number of hydrogen-bond acceptors (Lipinski definition) is 4. The Kier molecular flexibility index (Phi) is 4.84. The van der Waals surface area contributed by atoms with Crippen LogP contribution in [0.25, 0.3) is 10.9 Å². The molecule has 0 spiro atoms. The Balaban J connectivity index is 1.62. The summed E-state index contributed by atoms with van der Waals surface area (Å²) in [6, 6.07) is 17.7. The zero-order valence-electron chi connectivity index (χ0n) is 15.5. The van der Waals surface area contributed by atoms with Gasteiger partial charge in [0, 0.05) is 35.7 Å². The number of pyridine rings is 1. The number of aryl methyl sites for hydroxylation is 1. The Morgan fingerprint density at radius 2 is 1.96 bits per heavy atom. The standard InChI is InChI=1S/C22H23NO3S/c1-15-14-22(25,10-11-26-15)17-4-3-5-18(13-17)27-19-7-8-20-16(12-19)6-9-21(24)23(20)2/h3-9,12-13,15,25H,10-11,14H2,1-2H3/t15-,22+/m0/s1. The smallest absolute Gasteiger partial charge is 0.250 e. The van der Waals surface area contributed by atoms with Gasteiger partial charge in [0.25, 0.3) is 5.56 Å². The maximum Gasteiger partial charge on any atom is 0.250 e. The molecular weight excluding hydrogens is 358 g/mol. The Bertz CT molecular complexity index is 1050. The molecule has 0 radical (unpaired) electrons. The predicted molar refractivity (Wildman–Crippen MR) is 108 cm³/mol. The lowest BCUT2D eigenvalue weighted by atomic mass is 9.84. The molecule has 0 aliphatic carbocycles. The molecule has 2 aromatic carbocycles. The third kappa shape index (κ3) is 3.68. The maximum absolute atomic E-state index is 11.8. The van der Waals surface area contributed by atoms with E-state index in [2.05, 4.69) is 18.2 Å². The van der Waals surface area contributed by atoms with Gasteiger partial charge in [-0.1, -0.05) is 23.9 Å². The highest BCUT2D eigenvalue weighted by atomic mass is 32.2. The molecule has 1 N–H and O–H groups in total. The number of aromatic nitrogens is 1. The van der Waals surface area contributed by atoms with Gasteiger partial charge in [0.05, 0.1) is 23.8 Å². The van der Waals surface area contributed by atoms with Crippen LogP contribution in [0.4, 0.5) is 0 Å². The number of aliphatic hydroxyl groups is 1. The van der Waals surface area contributed by atoms with Gasteiger partial charge >= 0.3 is 0 Å². The highest BCUT2D eigenvalue weighted by Crippen LogP contribution is 2.37. The van der Waals surface area contributed by atoms with E-state index in [0.29, 0.717) is 19.4 Å². The molecule has 2 atom stereocenters. The Labute approximate surface area is 162 Å². The van der Waals surface area contributed by atoms with E-state index in [1.807, 2.05) is 37.3 Å². The van der Waals surface area contributed by atoms with Crippen LogP contribution in [0.2, 0.25) is 0 Å². The van der Waals surface area contributed by atoms with Crippen LogP contribution in [-0.2, 0) is 17.4 Å². The van der Waals surface area contributed by atoms with Crippen molar-refractivity contribution in [2.45, 2.75) is 41.3 Å². The van der Waals surface area contributed by atoms with Crippen LogP contribution in [0.15, 0.2) is 69.2 Å². The van der Waals surface area contributed by atoms with Crippen molar-refractivity contribution in [2.24, 2.45) is 7.05 Å². The molecule has 1 aliphatic rings. The van der Waals surface area contributed by atoms with Gasteiger partial charge in [-0.15, -0.1) is 0 Å². The molecule has 0 saturated carbocycles. The zero-order chi connectivity index (χ0) is 19.0. The lowest BCUT2D eigenvalue weighted by molar-refractivity contribution is -0.101. The summed E-state index contributed by atoms with van der Waals surface area (Å²) < 4.78 is 7.25. The van der Waals surface area contributed by atoms with E-state index in [9.17, 15) is 9.90 Å². The summed E-state index contributed by atoms with van der Waals surface area (Å²) in [7, 11) is 1.79. The quantitative estimate of drug-likeness (QED) is 0.743. The fourth-order valence-corrected chi connectivity index (χ4v) is 4.67. The van der Waals surface area contributed by atoms with Crippen LogP contribution in [-0.4, -0.2) is 22.4 Å². The summed E-state index contributed by atoms with van der Waals surface area (Å²) in [4.78, 5) is 14.0. The van der Waals surface area contributed by atoms with Crippen LogP contribution < -0.4 is 5.56 Å². The lowest BCUT2D eigenvalue weighted by Crippen LogP contribution is -2.37. The van der Waals surface area contributed by atoms with Gasteiger partial charge in [0.15, 0.2) is 0 Å². The highest BCUT2D eigenvalue weighted by Gasteiger charge is 2.35. The Hall–Kier alpha value is -2.08. The normalized spacial score (nSPS) is 22.9. The number of rotatable bonds is 3. The summed E-state index contributed by atoms with van der Waals surface area (Å²) in [5.41, 5.74) is 1.04. The minimum Gasteiger partial charge on any atom is -0.385 e. The van der Waals surface area contributed by atoms with E-state index in [1.54, 1.807) is 29.4 Å². The molecule has 1 aromatic heterocycles. The first-order valence-electron chi connectivity index (χ1n) is 9.17. The summed E-state index contributed by atoms with van der Waals surface area (Å²) in [5.74, 6) is 0. The predicted octanol–water partition coefficient (Wildman–Crippen LogP) is 4.08. The first-order chi connectivity index (χ1) is 12.9. The van der Waals surface area contributed by atoms with Crippen molar-refractivity contribution < 1.29 is 9.84 Å². The van der Waals surface area contributed by atoms with Crippen LogP contribution >= 0.6 is 11.8 Å². The van der Waals surface area contributed by atoms with Crippen LogP contribution in [0.5, 0.6) is 0 Å². The van der Waals surface area contributed by atoms with Gasteiger partial charge in [-0.05, 0) is 54.3 Å². The summed E-state index contributed by atoms with van der Waals surface area (Å²) in [6.07, 6.45) is 1.30. The first-order valence-corrected chi connectivity index (χ1v) is 9.98. The fraction of sp³-hybridized carbons (Fsp3) is 0.318. The second-order valence-electron chi connectivity index (χ2n) is 7.25. The molecule has 5 heteroatoms. The van der Waals surface area contributed by atoms with Crippen molar-refractivity contribution in [3.05, 3.63) is 70.5 Å². The van der Waals surface area contributed by atoms with E-state index in [-0.39, 0.29) is 11.7 Å². The van der Waals surface area contributed by atoms with Gasteiger partial charge in [-0.3, -0.25) is 4.79 Å². The molecule has 4 rings (SSSR count). The average molecular weight is 381 g/mol.